The zero-order chi connectivity index (χ0) is 11.9. The minimum absolute atomic E-state index is 0.178. The fraction of sp³-hybridized carbons (Fsp3) is 0.308. The van der Waals surface area contributed by atoms with Crippen LogP contribution in [0.5, 0.6) is 5.75 Å². The van der Waals surface area contributed by atoms with Gasteiger partial charge in [-0.15, -0.1) is 11.8 Å². The summed E-state index contributed by atoms with van der Waals surface area (Å²) in [4.78, 5) is 13.2. The van der Waals surface area contributed by atoms with Crippen molar-refractivity contribution >= 4 is 17.7 Å². The van der Waals surface area contributed by atoms with E-state index in [4.69, 9.17) is 4.74 Å². The van der Waals surface area contributed by atoms with E-state index >= 15 is 0 Å². The fourth-order valence-corrected chi connectivity index (χ4v) is 2.18. The summed E-state index contributed by atoms with van der Waals surface area (Å²) in [7, 11) is 0. The zero-order valence-corrected chi connectivity index (χ0v) is 10.4. The predicted octanol–water partition coefficient (Wildman–Crippen LogP) is 2.50. The van der Waals surface area contributed by atoms with Crippen LogP contribution in [0.25, 0.3) is 0 Å². The molecule has 0 aliphatic carbocycles. The first-order valence-corrected chi connectivity index (χ1v) is 6.67. The molecule has 0 saturated carbocycles. The van der Waals surface area contributed by atoms with E-state index in [1.165, 1.54) is 11.8 Å². The number of benzene rings is 1. The first-order valence-electron chi connectivity index (χ1n) is 5.62. The molecule has 1 heterocycles. The van der Waals surface area contributed by atoms with Crippen molar-refractivity contribution in [3.05, 3.63) is 41.9 Å². The zero-order valence-electron chi connectivity index (χ0n) is 9.54. The predicted molar refractivity (Wildman–Crippen MR) is 69.9 cm³/mol. The van der Waals surface area contributed by atoms with Crippen LogP contribution >= 0.6 is 11.8 Å². The van der Waals surface area contributed by atoms with Crippen LogP contribution in [0.3, 0.4) is 0 Å². The Morgan fingerprint density at radius 1 is 1.29 bits per heavy atom. The molecule has 2 rings (SSSR count). The number of hydrogen-bond donors (Lipinski definition) is 0. The van der Waals surface area contributed by atoms with E-state index in [0.717, 1.165) is 18.7 Å². The van der Waals surface area contributed by atoms with Gasteiger partial charge in [0.1, 0.15) is 5.75 Å². The maximum atomic E-state index is 11.5. The highest BCUT2D eigenvalue weighted by Gasteiger charge is 2.13. The maximum Gasteiger partial charge on any atom is 0.236 e. The Balaban J connectivity index is 1.68. The van der Waals surface area contributed by atoms with Crippen LogP contribution in [0.4, 0.5) is 0 Å². The van der Waals surface area contributed by atoms with Crippen LogP contribution in [0.2, 0.25) is 0 Å². The molecule has 1 aliphatic rings. The molecule has 0 aromatic heterocycles. The Kier molecular flexibility index (Phi) is 4.50. The lowest BCUT2D eigenvalue weighted by atomic mass is 10.3. The second kappa shape index (κ2) is 6.35. The van der Waals surface area contributed by atoms with Crippen molar-refractivity contribution in [1.29, 1.82) is 0 Å². The van der Waals surface area contributed by atoms with Gasteiger partial charge in [0.15, 0.2) is 0 Å². The Morgan fingerprint density at radius 3 is 2.88 bits per heavy atom. The van der Waals surface area contributed by atoms with Crippen molar-refractivity contribution in [2.45, 2.75) is 6.42 Å². The SMILES string of the molecule is O=C1CSC=CN1CCCOc1ccccc1. The molecular formula is C13H15NO2S. The first-order chi connectivity index (χ1) is 8.36. The van der Waals surface area contributed by atoms with Crippen molar-refractivity contribution in [2.24, 2.45) is 0 Å². The summed E-state index contributed by atoms with van der Waals surface area (Å²) >= 11 is 1.54. The Labute approximate surface area is 105 Å². The van der Waals surface area contributed by atoms with E-state index in [9.17, 15) is 4.79 Å². The summed E-state index contributed by atoms with van der Waals surface area (Å²) in [6, 6.07) is 9.72. The van der Waals surface area contributed by atoms with Gasteiger partial charge in [-0.3, -0.25) is 4.79 Å². The number of amides is 1. The number of ether oxygens (including phenoxy) is 1. The first kappa shape index (κ1) is 12.0. The lowest BCUT2D eigenvalue weighted by molar-refractivity contribution is -0.126. The quantitative estimate of drug-likeness (QED) is 0.751. The van der Waals surface area contributed by atoms with E-state index in [1.54, 1.807) is 4.90 Å². The summed E-state index contributed by atoms with van der Waals surface area (Å²) in [6.07, 6.45) is 2.69. The van der Waals surface area contributed by atoms with Gasteiger partial charge in [0.25, 0.3) is 0 Å². The molecule has 4 heteroatoms. The molecular weight excluding hydrogens is 234 g/mol. The maximum absolute atomic E-state index is 11.5. The molecule has 1 aliphatic heterocycles. The third kappa shape index (κ3) is 3.82. The molecule has 1 aromatic carbocycles. The van der Waals surface area contributed by atoms with Gasteiger partial charge in [-0.1, -0.05) is 18.2 Å². The number of para-hydroxylation sites is 1. The summed E-state index contributed by atoms with van der Waals surface area (Å²) < 4.78 is 5.57. The molecule has 0 unspecified atom stereocenters. The summed E-state index contributed by atoms with van der Waals surface area (Å²) in [6.45, 7) is 1.36. The van der Waals surface area contributed by atoms with Gasteiger partial charge in [-0.05, 0) is 24.0 Å². The van der Waals surface area contributed by atoms with Crippen LogP contribution < -0.4 is 4.74 Å². The van der Waals surface area contributed by atoms with Crippen molar-refractivity contribution in [2.75, 3.05) is 18.9 Å². The van der Waals surface area contributed by atoms with Crippen molar-refractivity contribution in [3.8, 4) is 5.75 Å². The van der Waals surface area contributed by atoms with Crippen LogP contribution in [-0.4, -0.2) is 29.7 Å². The van der Waals surface area contributed by atoms with Gasteiger partial charge in [-0.25, -0.2) is 0 Å². The number of rotatable bonds is 5. The molecule has 0 spiro atoms. The van der Waals surface area contributed by atoms with Gasteiger partial charge >= 0.3 is 0 Å². The molecule has 0 fully saturated rings. The van der Waals surface area contributed by atoms with Gasteiger partial charge in [0.2, 0.25) is 5.91 Å². The highest BCUT2D eigenvalue weighted by molar-refractivity contribution is 8.02. The highest BCUT2D eigenvalue weighted by atomic mass is 32.2. The summed E-state index contributed by atoms with van der Waals surface area (Å²) in [5.41, 5.74) is 0. The number of nitrogens with zero attached hydrogens (tertiary/aromatic N) is 1. The minimum Gasteiger partial charge on any atom is -0.494 e. The van der Waals surface area contributed by atoms with E-state index in [-0.39, 0.29) is 5.91 Å². The van der Waals surface area contributed by atoms with Crippen molar-refractivity contribution in [1.82, 2.24) is 4.90 Å². The van der Waals surface area contributed by atoms with Gasteiger partial charge < -0.3 is 9.64 Å². The van der Waals surface area contributed by atoms with E-state index < -0.39 is 0 Å². The van der Waals surface area contributed by atoms with Crippen LogP contribution in [0, 0.1) is 0 Å². The molecule has 0 N–H and O–H groups in total. The Morgan fingerprint density at radius 2 is 2.12 bits per heavy atom. The van der Waals surface area contributed by atoms with Crippen LogP contribution in [0.1, 0.15) is 6.42 Å². The van der Waals surface area contributed by atoms with Crippen molar-refractivity contribution < 1.29 is 9.53 Å². The lowest BCUT2D eigenvalue weighted by Gasteiger charge is -2.20. The molecule has 0 atom stereocenters. The lowest BCUT2D eigenvalue weighted by Crippen LogP contribution is -2.30. The molecule has 3 nitrogen and oxygen atoms in total. The standard InChI is InChI=1S/C13H15NO2S/c15-13-11-17-10-8-14(13)7-4-9-16-12-5-2-1-3-6-12/h1-3,5-6,8,10H,4,7,9,11H2. The highest BCUT2D eigenvalue weighted by Crippen LogP contribution is 2.13. The average molecular weight is 249 g/mol. The number of hydrogen-bond acceptors (Lipinski definition) is 3. The number of carbonyl (C=O) groups is 1. The minimum atomic E-state index is 0.178. The van der Waals surface area contributed by atoms with E-state index in [2.05, 4.69) is 0 Å². The Hall–Kier alpha value is -1.42. The van der Waals surface area contributed by atoms with E-state index in [1.807, 2.05) is 41.9 Å². The molecule has 0 bridgehead atoms. The van der Waals surface area contributed by atoms with E-state index in [0.29, 0.717) is 12.4 Å². The molecule has 90 valence electrons. The topological polar surface area (TPSA) is 29.5 Å². The summed E-state index contributed by atoms with van der Waals surface area (Å²) in [5, 5.41) is 1.96. The number of carbonyl (C=O) groups excluding carboxylic acids is 1. The largest absolute Gasteiger partial charge is 0.494 e. The second-order valence-electron chi connectivity index (χ2n) is 3.70. The van der Waals surface area contributed by atoms with Gasteiger partial charge in [-0.2, -0.15) is 0 Å². The van der Waals surface area contributed by atoms with Gasteiger partial charge in [0.05, 0.1) is 12.4 Å². The normalized spacial score (nSPS) is 15.1. The van der Waals surface area contributed by atoms with Gasteiger partial charge in [0, 0.05) is 12.7 Å². The smallest absolute Gasteiger partial charge is 0.236 e. The van der Waals surface area contributed by atoms with Crippen LogP contribution in [-0.2, 0) is 4.79 Å². The van der Waals surface area contributed by atoms with Crippen LogP contribution in [0.15, 0.2) is 41.9 Å². The summed E-state index contributed by atoms with van der Waals surface area (Å²) in [5.74, 6) is 1.61. The average Bonchev–Trinajstić information content (AvgIpc) is 2.38. The van der Waals surface area contributed by atoms with Crippen molar-refractivity contribution in [3.63, 3.8) is 0 Å². The second-order valence-corrected chi connectivity index (χ2v) is 4.59. The third-order valence-corrected chi connectivity index (χ3v) is 3.15. The third-order valence-electron chi connectivity index (χ3n) is 2.42. The molecule has 0 saturated heterocycles. The fourth-order valence-electron chi connectivity index (χ4n) is 1.54. The molecule has 1 amide bonds. The Bertz CT molecular complexity index is 392. The molecule has 1 aromatic rings. The monoisotopic (exact) mass is 249 g/mol. The molecule has 17 heavy (non-hydrogen) atoms. The number of thioether (sulfide) groups is 1. The molecule has 0 radical (unpaired) electrons.